The average Bonchev–Trinajstić information content (AvgIpc) is 2.48. The second-order valence-corrected chi connectivity index (χ2v) is 5.34. The molecule has 1 aliphatic heterocycles. The van der Waals surface area contributed by atoms with Gasteiger partial charge < -0.3 is 9.80 Å². The number of pyridine rings is 2. The van der Waals surface area contributed by atoms with E-state index in [4.69, 9.17) is 11.6 Å². The lowest BCUT2D eigenvalue weighted by atomic mass is 10.2. The zero-order chi connectivity index (χ0) is 13.9. The lowest BCUT2D eigenvalue weighted by Gasteiger charge is -2.37. The van der Waals surface area contributed by atoms with Crippen molar-refractivity contribution in [2.45, 2.75) is 6.92 Å². The van der Waals surface area contributed by atoms with Crippen LogP contribution >= 0.6 is 11.6 Å². The fourth-order valence-corrected chi connectivity index (χ4v) is 2.78. The van der Waals surface area contributed by atoms with E-state index in [9.17, 15) is 0 Å². The summed E-state index contributed by atoms with van der Waals surface area (Å²) in [5.41, 5.74) is 2.35. The molecule has 0 atom stereocenters. The highest BCUT2D eigenvalue weighted by atomic mass is 35.5. The Bertz CT molecular complexity index is 580. The van der Waals surface area contributed by atoms with E-state index in [1.54, 1.807) is 0 Å². The standard InChI is InChI=1S/C15H17ClN4/c1-12-10-14(16)18-11-13(12)19-6-8-20(9-7-19)15-4-2-3-5-17-15/h2-5,10-11H,6-9H2,1H3. The van der Waals surface area contributed by atoms with Crippen molar-refractivity contribution in [3.8, 4) is 0 Å². The highest BCUT2D eigenvalue weighted by Gasteiger charge is 2.19. The third-order valence-corrected chi connectivity index (χ3v) is 3.85. The van der Waals surface area contributed by atoms with Gasteiger partial charge in [0.1, 0.15) is 11.0 Å². The molecule has 1 fully saturated rings. The first-order valence-electron chi connectivity index (χ1n) is 6.77. The Hall–Kier alpha value is -1.81. The maximum atomic E-state index is 5.91. The van der Waals surface area contributed by atoms with Crippen LogP contribution in [-0.2, 0) is 0 Å². The zero-order valence-corrected chi connectivity index (χ0v) is 12.2. The minimum atomic E-state index is 0.554. The van der Waals surface area contributed by atoms with Crippen molar-refractivity contribution < 1.29 is 0 Å². The van der Waals surface area contributed by atoms with Crippen molar-refractivity contribution in [2.24, 2.45) is 0 Å². The van der Waals surface area contributed by atoms with E-state index in [-0.39, 0.29) is 0 Å². The number of rotatable bonds is 2. The molecule has 104 valence electrons. The second kappa shape index (κ2) is 5.67. The fourth-order valence-electron chi connectivity index (χ4n) is 2.56. The molecule has 0 radical (unpaired) electrons. The first kappa shape index (κ1) is 13.2. The largest absolute Gasteiger partial charge is 0.367 e. The molecular formula is C15H17ClN4. The molecule has 0 unspecified atom stereocenters. The molecule has 20 heavy (non-hydrogen) atoms. The number of aryl methyl sites for hydroxylation is 1. The fraction of sp³-hybridized carbons (Fsp3) is 0.333. The van der Waals surface area contributed by atoms with E-state index >= 15 is 0 Å². The average molecular weight is 289 g/mol. The van der Waals surface area contributed by atoms with Gasteiger partial charge >= 0.3 is 0 Å². The Balaban J connectivity index is 1.69. The van der Waals surface area contributed by atoms with Crippen LogP contribution in [0.3, 0.4) is 0 Å². The zero-order valence-electron chi connectivity index (χ0n) is 11.5. The Morgan fingerprint density at radius 3 is 2.45 bits per heavy atom. The number of hydrogen-bond acceptors (Lipinski definition) is 4. The van der Waals surface area contributed by atoms with Gasteiger partial charge in [-0.1, -0.05) is 17.7 Å². The summed E-state index contributed by atoms with van der Waals surface area (Å²) in [7, 11) is 0. The molecule has 2 aromatic rings. The lowest BCUT2D eigenvalue weighted by molar-refractivity contribution is 0.645. The predicted molar refractivity (Wildman–Crippen MR) is 82.6 cm³/mol. The first-order valence-corrected chi connectivity index (χ1v) is 7.15. The van der Waals surface area contributed by atoms with Gasteiger partial charge in [0.15, 0.2) is 0 Å². The molecule has 3 heterocycles. The molecule has 2 aromatic heterocycles. The van der Waals surface area contributed by atoms with Crippen molar-refractivity contribution in [1.29, 1.82) is 0 Å². The summed E-state index contributed by atoms with van der Waals surface area (Å²) in [6.45, 7) is 5.97. The van der Waals surface area contributed by atoms with Gasteiger partial charge in [0.2, 0.25) is 0 Å². The van der Waals surface area contributed by atoms with Crippen molar-refractivity contribution in [3.05, 3.63) is 47.4 Å². The number of hydrogen-bond donors (Lipinski definition) is 0. The summed E-state index contributed by atoms with van der Waals surface area (Å²) in [5.74, 6) is 1.05. The number of halogens is 1. The first-order chi connectivity index (χ1) is 9.74. The summed E-state index contributed by atoms with van der Waals surface area (Å²) in [6.07, 6.45) is 3.71. The van der Waals surface area contributed by atoms with Gasteiger partial charge in [-0.3, -0.25) is 0 Å². The summed E-state index contributed by atoms with van der Waals surface area (Å²) < 4.78 is 0. The minimum absolute atomic E-state index is 0.554. The van der Waals surface area contributed by atoms with Crippen LogP contribution in [0.1, 0.15) is 5.56 Å². The van der Waals surface area contributed by atoms with Gasteiger partial charge in [0, 0.05) is 32.4 Å². The molecule has 1 aliphatic rings. The summed E-state index contributed by atoms with van der Waals surface area (Å²) in [5, 5.41) is 0.554. The molecule has 0 aliphatic carbocycles. The van der Waals surface area contributed by atoms with E-state index in [0.29, 0.717) is 5.15 Å². The number of aromatic nitrogens is 2. The maximum Gasteiger partial charge on any atom is 0.129 e. The van der Waals surface area contributed by atoms with Crippen LogP contribution in [0.15, 0.2) is 36.7 Å². The molecule has 0 bridgehead atoms. The van der Waals surface area contributed by atoms with Crippen molar-refractivity contribution >= 4 is 23.1 Å². The SMILES string of the molecule is Cc1cc(Cl)ncc1N1CCN(c2ccccn2)CC1. The lowest BCUT2D eigenvalue weighted by Crippen LogP contribution is -2.47. The van der Waals surface area contributed by atoms with Crippen LogP contribution in [0, 0.1) is 6.92 Å². The van der Waals surface area contributed by atoms with Crippen LogP contribution in [0.4, 0.5) is 11.5 Å². The van der Waals surface area contributed by atoms with E-state index in [0.717, 1.165) is 32.0 Å². The maximum absolute atomic E-state index is 5.91. The summed E-state index contributed by atoms with van der Waals surface area (Å²) in [6, 6.07) is 7.96. The van der Waals surface area contributed by atoms with Crippen molar-refractivity contribution in [2.75, 3.05) is 36.0 Å². The Kier molecular flexibility index (Phi) is 3.74. The minimum Gasteiger partial charge on any atom is -0.367 e. The molecule has 0 saturated carbocycles. The Labute approximate surface area is 124 Å². The molecule has 4 nitrogen and oxygen atoms in total. The smallest absolute Gasteiger partial charge is 0.129 e. The van der Waals surface area contributed by atoms with Crippen molar-refractivity contribution in [3.63, 3.8) is 0 Å². The van der Waals surface area contributed by atoms with Gasteiger partial charge in [-0.2, -0.15) is 0 Å². The van der Waals surface area contributed by atoms with E-state index in [2.05, 4.69) is 32.8 Å². The second-order valence-electron chi connectivity index (χ2n) is 4.96. The van der Waals surface area contributed by atoms with Crippen LogP contribution in [0.2, 0.25) is 5.15 Å². The normalized spacial score (nSPS) is 15.5. The van der Waals surface area contributed by atoms with Crippen LogP contribution < -0.4 is 9.80 Å². The third-order valence-electron chi connectivity index (χ3n) is 3.64. The molecule has 0 amide bonds. The van der Waals surface area contributed by atoms with Crippen LogP contribution in [-0.4, -0.2) is 36.1 Å². The molecular weight excluding hydrogens is 272 g/mol. The van der Waals surface area contributed by atoms with Crippen LogP contribution in [0.5, 0.6) is 0 Å². The molecule has 0 aromatic carbocycles. The Morgan fingerprint density at radius 1 is 1.05 bits per heavy atom. The number of piperazine rings is 1. The highest BCUT2D eigenvalue weighted by Crippen LogP contribution is 2.23. The number of nitrogens with zero attached hydrogens (tertiary/aromatic N) is 4. The molecule has 1 saturated heterocycles. The van der Waals surface area contributed by atoms with Gasteiger partial charge in [-0.05, 0) is 30.7 Å². The predicted octanol–water partition coefficient (Wildman–Crippen LogP) is 2.77. The van der Waals surface area contributed by atoms with Gasteiger partial charge in [0.05, 0.1) is 11.9 Å². The molecule has 5 heteroatoms. The summed E-state index contributed by atoms with van der Waals surface area (Å²) >= 11 is 5.91. The highest BCUT2D eigenvalue weighted by molar-refractivity contribution is 6.29. The van der Waals surface area contributed by atoms with E-state index < -0.39 is 0 Å². The Morgan fingerprint density at radius 2 is 1.80 bits per heavy atom. The van der Waals surface area contributed by atoms with Gasteiger partial charge in [-0.15, -0.1) is 0 Å². The van der Waals surface area contributed by atoms with E-state index in [1.807, 2.05) is 30.6 Å². The summed E-state index contributed by atoms with van der Waals surface area (Å²) in [4.78, 5) is 13.3. The molecule has 0 N–H and O–H groups in total. The van der Waals surface area contributed by atoms with E-state index in [1.165, 1.54) is 11.3 Å². The number of anilines is 2. The van der Waals surface area contributed by atoms with Crippen LogP contribution in [0.25, 0.3) is 0 Å². The third kappa shape index (κ3) is 2.70. The topological polar surface area (TPSA) is 32.3 Å². The van der Waals surface area contributed by atoms with Crippen molar-refractivity contribution in [1.82, 2.24) is 9.97 Å². The van der Waals surface area contributed by atoms with Gasteiger partial charge in [0.25, 0.3) is 0 Å². The molecule has 0 spiro atoms. The van der Waals surface area contributed by atoms with Gasteiger partial charge in [-0.25, -0.2) is 9.97 Å². The molecule has 3 rings (SSSR count). The monoisotopic (exact) mass is 288 g/mol. The quantitative estimate of drug-likeness (QED) is 0.796.